The van der Waals surface area contributed by atoms with Crippen molar-refractivity contribution in [3.8, 4) is 11.5 Å². The van der Waals surface area contributed by atoms with Gasteiger partial charge in [-0.05, 0) is 57.5 Å². The summed E-state index contributed by atoms with van der Waals surface area (Å²) in [5.74, 6) is -4.11. The molecule has 0 radical (unpaired) electrons. The molecule has 2 aromatic carbocycles. The second-order valence-electron chi connectivity index (χ2n) is 18.7. The van der Waals surface area contributed by atoms with Gasteiger partial charge in [0.05, 0.1) is 54.1 Å². The first-order valence-electron chi connectivity index (χ1n) is 25.5. The molecule has 0 spiro atoms. The molecule has 5 aromatic rings. The van der Waals surface area contributed by atoms with Crippen molar-refractivity contribution in [2.75, 3.05) is 56.3 Å². The van der Waals surface area contributed by atoms with Gasteiger partial charge in [-0.3, -0.25) is 58.6 Å². The number of amides is 7. The van der Waals surface area contributed by atoms with Gasteiger partial charge in [0.1, 0.15) is 34.3 Å². The first-order chi connectivity index (χ1) is 37.8. The summed E-state index contributed by atoms with van der Waals surface area (Å²) >= 11 is 1.01. The molecule has 79 heavy (non-hydrogen) atoms. The molecule has 7 amide bonds. The lowest BCUT2D eigenvalue weighted by Crippen LogP contribution is -2.55. The van der Waals surface area contributed by atoms with Gasteiger partial charge in [0.2, 0.25) is 47.2 Å². The number of nitrogens with one attached hydrogen (secondary N) is 3. The van der Waals surface area contributed by atoms with Crippen LogP contribution in [0.25, 0.3) is 22.1 Å². The second kappa shape index (κ2) is 24.4. The number of allylic oxidation sites excluding steroid dienone is 3. The number of ether oxygens (including phenoxy) is 4. The summed E-state index contributed by atoms with van der Waals surface area (Å²) in [7, 11) is 1.43. The SMILES string of the molecule is CCC1=C(C(=O)Nc2nc3cc(C(N)=O)cc(OCCCOC4CN(C(=O)CCN5C(=O)CC(SC[C@H](N)C(=O)O)C5=O)C4)c3n2C/C=C/Cn2c(NC(=O)c3cc(C)nn3CC)nc3cc(C(N)=O)cc(OC)c32)OC(C)N1. The van der Waals surface area contributed by atoms with Crippen LogP contribution in [0.2, 0.25) is 0 Å². The summed E-state index contributed by atoms with van der Waals surface area (Å²) in [4.78, 5) is 114. The number of hydrogen-bond acceptors (Lipinski definition) is 18. The molecule has 0 bridgehead atoms. The number of methoxy groups -OCH3 is 1. The number of aryl methyl sites for hydroxylation is 2. The van der Waals surface area contributed by atoms with Gasteiger partial charge >= 0.3 is 5.97 Å². The maximum Gasteiger partial charge on any atom is 0.321 e. The third-order valence-electron chi connectivity index (χ3n) is 13.2. The van der Waals surface area contributed by atoms with E-state index in [1.807, 2.05) is 13.8 Å². The van der Waals surface area contributed by atoms with E-state index in [-0.39, 0.29) is 109 Å². The minimum Gasteiger partial charge on any atom is -0.494 e. The Balaban J connectivity index is 0.973. The van der Waals surface area contributed by atoms with Crippen molar-refractivity contribution < 1.29 is 62.4 Å². The number of nitrogens with zero attached hydrogens (tertiary/aromatic N) is 8. The lowest BCUT2D eigenvalue weighted by Gasteiger charge is -2.39. The molecule has 2 saturated heterocycles. The predicted octanol–water partition coefficient (Wildman–Crippen LogP) is 1.81. The van der Waals surface area contributed by atoms with E-state index in [2.05, 4.69) is 26.0 Å². The highest BCUT2D eigenvalue weighted by Gasteiger charge is 2.40. The van der Waals surface area contributed by atoms with Gasteiger partial charge in [0, 0.05) is 75.4 Å². The summed E-state index contributed by atoms with van der Waals surface area (Å²) in [6.07, 6.45) is 3.54. The molecule has 2 fully saturated rings. The van der Waals surface area contributed by atoms with E-state index in [9.17, 15) is 38.4 Å². The number of hydrogen-bond donors (Lipinski definition) is 7. The number of imidazole rings is 2. The Labute approximate surface area is 456 Å². The maximum atomic E-state index is 13.9. The van der Waals surface area contributed by atoms with Gasteiger partial charge in [-0.1, -0.05) is 19.1 Å². The Kier molecular flexibility index (Phi) is 17.5. The van der Waals surface area contributed by atoms with Crippen LogP contribution in [0.3, 0.4) is 0 Å². The van der Waals surface area contributed by atoms with E-state index < -0.39 is 58.9 Å². The molecule has 0 saturated carbocycles. The topological polar surface area (TPSA) is 368 Å². The monoisotopic (exact) mass is 1110 g/mol. The molecular weight excluding hydrogens is 1050 g/mol. The Bertz CT molecular complexity index is 3300. The van der Waals surface area contributed by atoms with Gasteiger partial charge in [-0.2, -0.15) is 5.10 Å². The van der Waals surface area contributed by atoms with Crippen molar-refractivity contribution in [3.05, 3.63) is 76.5 Å². The molecule has 0 aliphatic carbocycles. The number of anilines is 2. The molecule has 3 atom stereocenters. The van der Waals surface area contributed by atoms with Crippen molar-refractivity contribution in [1.82, 2.24) is 44.0 Å². The Hall–Kier alpha value is -8.50. The summed E-state index contributed by atoms with van der Waals surface area (Å²) in [5, 5.41) is 21.6. The van der Waals surface area contributed by atoms with E-state index in [0.29, 0.717) is 66.1 Å². The Morgan fingerprint density at radius 3 is 2.13 bits per heavy atom. The molecule has 10 N–H and O–H groups in total. The van der Waals surface area contributed by atoms with Gasteiger partial charge < -0.3 is 60.6 Å². The number of benzene rings is 2. The lowest BCUT2D eigenvalue weighted by molar-refractivity contribution is -0.146. The van der Waals surface area contributed by atoms with Gasteiger partial charge in [0.15, 0.2) is 6.23 Å². The lowest BCUT2D eigenvalue weighted by atomic mass is 10.1. The maximum absolute atomic E-state index is 13.9. The number of fused-ring (bicyclic) bond motifs is 2. The highest BCUT2D eigenvalue weighted by Crippen LogP contribution is 2.34. The van der Waals surface area contributed by atoms with Crippen LogP contribution in [0.5, 0.6) is 11.5 Å². The molecule has 6 heterocycles. The third kappa shape index (κ3) is 12.6. The minimum absolute atomic E-state index is 0.0335. The van der Waals surface area contributed by atoms with E-state index in [0.717, 1.165) is 16.7 Å². The molecule has 3 aliphatic heterocycles. The largest absolute Gasteiger partial charge is 0.494 e. The number of likely N-dealkylation sites (tertiary alicyclic amines) is 2. The van der Waals surface area contributed by atoms with Crippen molar-refractivity contribution in [1.29, 1.82) is 0 Å². The molecule has 420 valence electrons. The zero-order chi connectivity index (χ0) is 56.8. The molecule has 28 heteroatoms. The fourth-order valence-corrected chi connectivity index (χ4v) is 10.3. The van der Waals surface area contributed by atoms with Gasteiger partial charge in [-0.25, -0.2) is 9.97 Å². The van der Waals surface area contributed by atoms with Crippen LogP contribution in [0.15, 0.2) is 53.9 Å². The summed E-state index contributed by atoms with van der Waals surface area (Å²) in [5.41, 5.74) is 20.2. The second-order valence-corrected chi connectivity index (χ2v) is 20.0. The minimum atomic E-state index is -1.21. The molecule has 27 nitrogen and oxygen atoms in total. The van der Waals surface area contributed by atoms with E-state index >= 15 is 0 Å². The van der Waals surface area contributed by atoms with Crippen LogP contribution in [0.4, 0.5) is 11.9 Å². The van der Waals surface area contributed by atoms with Crippen LogP contribution >= 0.6 is 11.8 Å². The fourth-order valence-electron chi connectivity index (χ4n) is 9.16. The first kappa shape index (κ1) is 56.7. The van der Waals surface area contributed by atoms with Crippen LogP contribution in [0.1, 0.15) is 83.4 Å². The van der Waals surface area contributed by atoms with Crippen molar-refractivity contribution in [2.45, 2.75) is 96.6 Å². The number of carbonyl (C=O) groups is 8. The zero-order valence-corrected chi connectivity index (χ0v) is 44.9. The fraction of sp³-hybridized carbons (Fsp3) is 0.431. The Morgan fingerprint density at radius 2 is 1.53 bits per heavy atom. The van der Waals surface area contributed by atoms with E-state index in [1.54, 1.807) is 50.8 Å². The van der Waals surface area contributed by atoms with Crippen LogP contribution in [-0.4, -0.2) is 160 Å². The average molecular weight is 1110 g/mol. The van der Waals surface area contributed by atoms with Gasteiger partial charge in [-0.15, -0.1) is 11.8 Å². The Morgan fingerprint density at radius 1 is 0.911 bits per heavy atom. The number of imide groups is 1. The number of carboxylic acid groups (broad SMARTS) is 1. The summed E-state index contributed by atoms with van der Waals surface area (Å²) < 4.78 is 28.8. The van der Waals surface area contributed by atoms with Crippen molar-refractivity contribution in [3.63, 3.8) is 0 Å². The van der Waals surface area contributed by atoms with Crippen molar-refractivity contribution >= 4 is 93.0 Å². The number of rotatable bonds is 26. The number of carboxylic acids is 1. The standard InChI is InChI=1S/C51H62N14O13S/c1-6-32-43(78-27(4)55-32)47(71)59-51-57-34-19-29(45(54)69)21-37(77-16-10-15-76-30-23-61(24-30)39(66)11-14-62-40(67)22-38(48(62)72)79-25-31(52)49(73)74)42(34)64(51)13-9-8-12-63-41-33(18-28(44(53)68)20-36(41)75-5)56-50(63)58-46(70)35-17-26(3)60-65(35)7-2/h8-9,17-21,27,30-31,38,55H,6-7,10-16,22-25,52H2,1-5H3,(H2,53,68)(H2,54,69)(H,73,74)(H,56,58,70)(H,57,59,71)/b9-8+/t27?,31-,38?/m0/s1. The van der Waals surface area contributed by atoms with Gasteiger partial charge in [0.25, 0.3) is 11.8 Å². The van der Waals surface area contributed by atoms with E-state index in [1.165, 1.54) is 31.4 Å². The number of primary amides is 2. The van der Waals surface area contributed by atoms with Crippen LogP contribution in [-0.2, 0) is 53.1 Å². The molecule has 2 unspecified atom stereocenters. The molecule has 8 rings (SSSR count). The van der Waals surface area contributed by atoms with Crippen LogP contribution in [0, 0.1) is 6.92 Å². The molecule has 3 aliphatic rings. The highest BCUT2D eigenvalue weighted by atomic mass is 32.2. The number of thioether (sulfide) groups is 1. The quantitative estimate of drug-likeness (QED) is 0.0236. The van der Waals surface area contributed by atoms with Crippen molar-refractivity contribution in [2.24, 2.45) is 17.2 Å². The normalized spacial score (nSPS) is 16.9. The number of aromatic nitrogens is 6. The average Bonchev–Trinajstić information content (AvgIpc) is 4.27. The summed E-state index contributed by atoms with van der Waals surface area (Å²) in [6, 6.07) is 6.45. The summed E-state index contributed by atoms with van der Waals surface area (Å²) in [6.45, 7) is 8.72. The molecule has 3 aromatic heterocycles. The zero-order valence-electron chi connectivity index (χ0n) is 44.1. The van der Waals surface area contributed by atoms with Crippen LogP contribution < -0.4 is 42.6 Å². The first-order valence-corrected chi connectivity index (χ1v) is 26.5. The van der Waals surface area contributed by atoms with E-state index in [4.69, 9.17) is 46.2 Å². The highest BCUT2D eigenvalue weighted by molar-refractivity contribution is 8.00. The third-order valence-corrected chi connectivity index (χ3v) is 14.5. The number of aliphatic carboxylic acids is 1. The molecular formula is C51H62N14O13S. The smallest absolute Gasteiger partial charge is 0.321 e. The number of carbonyl (C=O) groups excluding carboxylic acids is 7. The predicted molar refractivity (Wildman–Crippen MR) is 287 cm³/mol. The number of nitrogens with two attached hydrogens (primary N) is 3.